The summed E-state index contributed by atoms with van der Waals surface area (Å²) < 4.78 is 4.85. The van der Waals surface area contributed by atoms with E-state index in [1.165, 1.54) is 36.4 Å². The van der Waals surface area contributed by atoms with E-state index in [9.17, 15) is 19.2 Å². The predicted molar refractivity (Wildman–Crippen MR) is 84.8 cm³/mol. The summed E-state index contributed by atoms with van der Waals surface area (Å²) in [6, 6.07) is 11.7. The van der Waals surface area contributed by atoms with Crippen molar-refractivity contribution in [3.8, 4) is 0 Å². The summed E-state index contributed by atoms with van der Waals surface area (Å²) in [5.41, 5.74) is 0.722. The monoisotopic (exact) mass is 339 g/mol. The highest BCUT2D eigenvalue weighted by molar-refractivity contribution is 6.21. The second kappa shape index (κ2) is 6.56. The van der Waals surface area contributed by atoms with Crippen molar-refractivity contribution in [3.05, 3.63) is 70.8 Å². The molecule has 2 amide bonds. The van der Waals surface area contributed by atoms with Gasteiger partial charge in [0.1, 0.15) is 0 Å². The minimum atomic E-state index is -0.884. The molecule has 0 spiro atoms. The van der Waals surface area contributed by atoms with Crippen molar-refractivity contribution in [1.29, 1.82) is 0 Å². The molecule has 2 aromatic carbocycles. The zero-order valence-corrected chi connectivity index (χ0v) is 13.2. The Balaban J connectivity index is 1.74. The van der Waals surface area contributed by atoms with Crippen molar-refractivity contribution in [2.45, 2.75) is 6.92 Å². The van der Waals surface area contributed by atoms with Gasteiger partial charge in [0.05, 0.1) is 28.9 Å². The normalized spacial score (nSPS) is 12.8. The molecule has 0 saturated carbocycles. The van der Waals surface area contributed by atoms with Gasteiger partial charge in [-0.05, 0) is 43.3 Å². The predicted octanol–water partition coefficient (Wildman–Crippen LogP) is 2.23. The Bertz CT molecular complexity index is 836. The summed E-state index contributed by atoms with van der Waals surface area (Å²) >= 11 is 0. The van der Waals surface area contributed by atoms with Gasteiger partial charge in [-0.15, -0.1) is 0 Å². The Morgan fingerprint density at radius 1 is 0.840 bits per heavy atom. The first-order chi connectivity index (χ1) is 12.0. The summed E-state index contributed by atoms with van der Waals surface area (Å²) in [5, 5.41) is 0.437. The van der Waals surface area contributed by atoms with E-state index in [4.69, 9.17) is 9.57 Å². The fourth-order valence-electron chi connectivity index (χ4n) is 2.34. The SMILES string of the molecule is CCOC(=O)c1ccc(C(=O)ON2C(=O)c3ccccc3C2=O)cc1. The molecule has 1 aliphatic rings. The summed E-state index contributed by atoms with van der Waals surface area (Å²) in [6.07, 6.45) is 0. The van der Waals surface area contributed by atoms with Crippen LogP contribution in [0.1, 0.15) is 48.4 Å². The van der Waals surface area contributed by atoms with Crippen molar-refractivity contribution in [3.63, 3.8) is 0 Å². The molecule has 7 heteroatoms. The zero-order valence-electron chi connectivity index (χ0n) is 13.2. The molecule has 1 heterocycles. The number of carbonyl (C=O) groups is 4. The van der Waals surface area contributed by atoms with Crippen LogP contribution in [0.3, 0.4) is 0 Å². The standard InChI is InChI=1S/C18H13NO6/c1-2-24-17(22)11-7-9-12(10-8-11)18(23)25-19-15(20)13-5-3-4-6-14(13)16(19)21/h3-10H,2H2,1H3. The average molecular weight is 339 g/mol. The molecule has 7 nitrogen and oxygen atoms in total. The lowest BCUT2D eigenvalue weighted by Gasteiger charge is -2.12. The first kappa shape index (κ1) is 16.4. The summed E-state index contributed by atoms with van der Waals surface area (Å²) in [4.78, 5) is 53.0. The molecule has 0 aliphatic carbocycles. The van der Waals surface area contributed by atoms with Crippen LogP contribution in [0.5, 0.6) is 0 Å². The molecule has 0 N–H and O–H groups in total. The van der Waals surface area contributed by atoms with Crippen LogP contribution in [0.15, 0.2) is 48.5 Å². The van der Waals surface area contributed by atoms with Crippen molar-refractivity contribution in [2.24, 2.45) is 0 Å². The molecular formula is C18H13NO6. The van der Waals surface area contributed by atoms with E-state index < -0.39 is 23.8 Å². The first-order valence-corrected chi connectivity index (χ1v) is 7.50. The van der Waals surface area contributed by atoms with E-state index in [0.717, 1.165) is 0 Å². The maximum Gasteiger partial charge on any atom is 0.363 e. The Kier molecular flexibility index (Phi) is 4.30. The van der Waals surface area contributed by atoms with Gasteiger partial charge in [0.25, 0.3) is 11.8 Å². The molecular weight excluding hydrogens is 326 g/mol. The minimum absolute atomic E-state index is 0.0876. The number of ether oxygens (including phenoxy) is 1. The first-order valence-electron chi connectivity index (χ1n) is 7.50. The quantitative estimate of drug-likeness (QED) is 0.627. The summed E-state index contributed by atoms with van der Waals surface area (Å²) in [7, 11) is 0. The van der Waals surface area contributed by atoms with Gasteiger partial charge in [-0.2, -0.15) is 0 Å². The Labute approximate surface area is 142 Å². The molecule has 3 rings (SSSR count). The molecule has 0 bridgehead atoms. The van der Waals surface area contributed by atoms with Gasteiger partial charge in [0.2, 0.25) is 0 Å². The van der Waals surface area contributed by atoms with Crippen LogP contribution in [-0.2, 0) is 9.57 Å². The molecule has 1 aliphatic heterocycles. The fourth-order valence-corrected chi connectivity index (χ4v) is 2.34. The molecule has 25 heavy (non-hydrogen) atoms. The van der Waals surface area contributed by atoms with E-state index in [-0.39, 0.29) is 28.9 Å². The van der Waals surface area contributed by atoms with Crippen LogP contribution in [-0.4, -0.2) is 35.4 Å². The topological polar surface area (TPSA) is 90.0 Å². The number of benzene rings is 2. The Morgan fingerprint density at radius 3 is 1.80 bits per heavy atom. The number of amides is 2. The molecule has 0 atom stereocenters. The number of fused-ring (bicyclic) bond motifs is 1. The highest BCUT2D eigenvalue weighted by Crippen LogP contribution is 2.23. The number of nitrogens with zero attached hydrogens (tertiary/aromatic N) is 1. The average Bonchev–Trinajstić information content (AvgIpc) is 2.87. The highest BCUT2D eigenvalue weighted by Gasteiger charge is 2.38. The fraction of sp³-hybridized carbons (Fsp3) is 0.111. The Morgan fingerprint density at radius 2 is 1.32 bits per heavy atom. The highest BCUT2D eigenvalue weighted by atomic mass is 16.7. The smallest absolute Gasteiger partial charge is 0.363 e. The van der Waals surface area contributed by atoms with Gasteiger partial charge in [0, 0.05) is 0 Å². The minimum Gasteiger partial charge on any atom is -0.462 e. The van der Waals surface area contributed by atoms with Gasteiger partial charge in [-0.3, -0.25) is 9.59 Å². The van der Waals surface area contributed by atoms with Crippen LogP contribution in [0.25, 0.3) is 0 Å². The number of hydrogen-bond acceptors (Lipinski definition) is 6. The summed E-state index contributed by atoms with van der Waals surface area (Å²) in [6.45, 7) is 1.92. The number of rotatable bonds is 4. The van der Waals surface area contributed by atoms with E-state index >= 15 is 0 Å². The van der Waals surface area contributed by atoms with E-state index in [1.807, 2.05) is 0 Å². The van der Waals surface area contributed by atoms with Crippen LogP contribution < -0.4 is 0 Å². The summed E-state index contributed by atoms with van der Waals surface area (Å²) in [5.74, 6) is -2.79. The van der Waals surface area contributed by atoms with Gasteiger partial charge >= 0.3 is 11.9 Å². The number of hydroxylamine groups is 2. The maximum absolute atomic E-state index is 12.2. The van der Waals surface area contributed by atoms with Gasteiger partial charge in [-0.1, -0.05) is 17.2 Å². The van der Waals surface area contributed by atoms with Gasteiger partial charge in [-0.25, -0.2) is 9.59 Å². The molecule has 126 valence electrons. The third-order valence-corrected chi connectivity index (χ3v) is 3.56. The van der Waals surface area contributed by atoms with Gasteiger partial charge < -0.3 is 9.57 Å². The lowest BCUT2D eigenvalue weighted by atomic mass is 10.1. The van der Waals surface area contributed by atoms with Crippen LogP contribution >= 0.6 is 0 Å². The van der Waals surface area contributed by atoms with Crippen LogP contribution in [0.2, 0.25) is 0 Å². The van der Waals surface area contributed by atoms with Crippen LogP contribution in [0.4, 0.5) is 0 Å². The van der Waals surface area contributed by atoms with Crippen molar-refractivity contribution in [2.75, 3.05) is 6.61 Å². The lowest BCUT2D eigenvalue weighted by molar-refractivity contribution is -0.0584. The molecule has 2 aromatic rings. The number of esters is 1. The second-order valence-corrected chi connectivity index (χ2v) is 5.13. The van der Waals surface area contributed by atoms with E-state index in [1.54, 1.807) is 19.1 Å². The number of imide groups is 1. The van der Waals surface area contributed by atoms with E-state index in [0.29, 0.717) is 5.06 Å². The number of hydrogen-bond donors (Lipinski definition) is 0. The van der Waals surface area contributed by atoms with Crippen LogP contribution in [0, 0.1) is 0 Å². The molecule has 0 unspecified atom stereocenters. The zero-order chi connectivity index (χ0) is 18.0. The van der Waals surface area contributed by atoms with E-state index in [2.05, 4.69) is 0 Å². The second-order valence-electron chi connectivity index (χ2n) is 5.13. The number of carbonyl (C=O) groups excluding carboxylic acids is 4. The molecule has 0 radical (unpaired) electrons. The van der Waals surface area contributed by atoms with Crippen molar-refractivity contribution < 1.29 is 28.8 Å². The molecule has 0 fully saturated rings. The van der Waals surface area contributed by atoms with Gasteiger partial charge in [0.15, 0.2) is 0 Å². The lowest BCUT2D eigenvalue weighted by Crippen LogP contribution is -2.32. The largest absolute Gasteiger partial charge is 0.462 e. The maximum atomic E-state index is 12.2. The molecule has 0 aromatic heterocycles. The van der Waals surface area contributed by atoms with Crippen molar-refractivity contribution in [1.82, 2.24) is 5.06 Å². The van der Waals surface area contributed by atoms with Crippen molar-refractivity contribution >= 4 is 23.8 Å². The Hall–Kier alpha value is -3.48. The third kappa shape index (κ3) is 2.99. The molecule has 0 saturated heterocycles. The third-order valence-electron chi connectivity index (χ3n) is 3.56.